The fourth-order valence-electron chi connectivity index (χ4n) is 10.1. The zero-order valence-corrected chi connectivity index (χ0v) is 52.8. The molecule has 0 bridgehead atoms. The summed E-state index contributed by atoms with van der Waals surface area (Å²) in [6.45, 7) is 17.0. The fraction of sp³-hybridized carbons (Fsp3) is 0.397. The second-order valence-corrected chi connectivity index (χ2v) is 20.4. The number of hydrogen-bond donors (Lipinski definition) is 4. The van der Waals surface area contributed by atoms with Gasteiger partial charge in [0.25, 0.3) is 11.2 Å². The number of aliphatic hydroxyl groups excluding tert-OH is 1. The van der Waals surface area contributed by atoms with E-state index in [-0.39, 0.29) is 89.2 Å². The molecule has 6 aromatic rings. The van der Waals surface area contributed by atoms with Crippen molar-refractivity contribution in [1.29, 1.82) is 0 Å². The largest absolute Gasteiger partial charge is 1.00 e. The van der Waals surface area contributed by atoms with Crippen molar-refractivity contribution in [2.24, 2.45) is 0 Å². The van der Waals surface area contributed by atoms with Gasteiger partial charge in [0.1, 0.15) is 0 Å². The molecule has 0 aliphatic carbocycles. The van der Waals surface area contributed by atoms with E-state index in [1.807, 2.05) is 77.9 Å². The van der Waals surface area contributed by atoms with E-state index in [2.05, 4.69) is 19.9 Å². The Balaban J connectivity index is 0.000000839. The first-order valence-corrected chi connectivity index (χ1v) is 27.0. The van der Waals surface area contributed by atoms with Gasteiger partial charge in [-0.05, 0) is 139 Å². The first kappa shape index (κ1) is 80.4. The van der Waals surface area contributed by atoms with Gasteiger partial charge in [0.05, 0.1) is 19.4 Å². The standard InChI is InChI=1S/C32H34F6N2O3.C30H30F6N2O3.CH4O.Na.2H2O/c1-6-29(7-2,24-10-9-23(20(4)15-24)13-14-30(42,31(33,34)35)32(36,37)38)25-11-12-26(21(5)16-25)28-39-18-22(19-40-28)17-27(41)43-8-3;1-5-27(6-2,23-9-10-24(19(4)14-23)26-37-16-20(17-38-26)15-25(39)40)22-8-7-21(18(3)13-22)11-12-28(41,29(31,32)33)30(34,35)36;1-2;;;/h9-16,18-19,42H,6-8,17H2,1-5H3;7-14,16-17,41H,5-6,15H2,1-4H3,(H,39,40);2H,1H3;;2*1H2/q;;;+1;;/p-1/b14-13+;12-11+;;;;. The predicted molar refractivity (Wildman–Crippen MR) is 307 cm³/mol. The Kier molecular flexibility index (Phi) is 29.3. The Labute approximate surface area is 530 Å². The van der Waals surface area contributed by atoms with Gasteiger partial charge in [0.2, 0.25) is 0 Å². The van der Waals surface area contributed by atoms with Gasteiger partial charge >= 0.3 is 66.2 Å². The molecule has 0 amide bonds. The summed E-state index contributed by atoms with van der Waals surface area (Å²) in [5.41, 5.74) is -1.78. The number of nitrogens with zero attached hydrogens (tertiary/aromatic N) is 4. The molecular formula is C63H71F12N4NaO9. The molecule has 89 heavy (non-hydrogen) atoms. The number of carbonyl (C=O) groups is 2. The zero-order chi connectivity index (χ0) is 65.0. The minimum Gasteiger partial charge on any atom is -0.870 e. The van der Waals surface area contributed by atoms with Crippen LogP contribution in [0.3, 0.4) is 0 Å². The molecule has 26 heteroatoms. The van der Waals surface area contributed by atoms with E-state index in [9.17, 15) is 72.5 Å². The van der Waals surface area contributed by atoms with Crippen LogP contribution in [0.5, 0.6) is 0 Å². The maximum atomic E-state index is 13.1. The van der Waals surface area contributed by atoms with Crippen molar-refractivity contribution in [3.05, 3.63) is 176 Å². The molecule has 7 N–H and O–H groups in total. The Hall–Kier alpha value is -6.58. The number of aliphatic hydroxyl groups is 3. The summed E-state index contributed by atoms with van der Waals surface area (Å²) in [4.78, 5) is 40.1. The first-order valence-electron chi connectivity index (χ1n) is 27.0. The summed E-state index contributed by atoms with van der Waals surface area (Å²) in [5, 5.41) is 34.9. The van der Waals surface area contributed by atoms with E-state index >= 15 is 0 Å². The maximum Gasteiger partial charge on any atom is 1.00 e. The molecule has 482 valence electrons. The van der Waals surface area contributed by atoms with Gasteiger partial charge < -0.3 is 36.1 Å². The number of esters is 1. The Morgan fingerprint density at radius 2 is 0.764 bits per heavy atom. The molecule has 0 fully saturated rings. The van der Waals surface area contributed by atoms with Gasteiger partial charge in [-0.2, -0.15) is 52.7 Å². The van der Waals surface area contributed by atoms with Crippen molar-refractivity contribution in [1.82, 2.24) is 19.9 Å². The molecule has 2 aromatic heterocycles. The number of halogens is 12. The molecular weight excluding hydrogens is 1210 g/mol. The van der Waals surface area contributed by atoms with E-state index in [0.717, 1.165) is 51.6 Å². The first-order chi connectivity index (χ1) is 40.0. The molecule has 0 aliphatic rings. The molecule has 0 atom stereocenters. The van der Waals surface area contributed by atoms with E-state index in [0.29, 0.717) is 71.7 Å². The molecule has 0 radical (unpaired) electrons. The van der Waals surface area contributed by atoms with Crippen molar-refractivity contribution in [3.63, 3.8) is 0 Å². The maximum absolute atomic E-state index is 13.1. The molecule has 13 nitrogen and oxygen atoms in total. The van der Waals surface area contributed by atoms with Crippen LogP contribution < -0.4 is 29.6 Å². The summed E-state index contributed by atoms with van der Waals surface area (Å²) in [6, 6.07) is 21.4. The molecule has 0 saturated carbocycles. The van der Waals surface area contributed by atoms with Crippen LogP contribution in [0.15, 0.2) is 110 Å². The molecule has 0 saturated heterocycles. The third kappa shape index (κ3) is 18.1. The number of carboxylic acids is 1. The smallest absolute Gasteiger partial charge is 0.870 e. The van der Waals surface area contributed by atoms with Gasteiger partial charge in [-0.25, -0.2) is 19.9 Å². The van der Waals surface area contributed by atoms with Gasteiger partial charge in [0, 0.05) is 53.9 Å². The van der Waals surface area contributed by atoms with Crippen molar-refractivity contribution in [2.45, 2.75) is 148 Å². The quantitative estimate of drug-likeness (QED) is 0.0337. The van der Waals surface area contributed by atoms with E-state index in [1.54, 1.807) is 57.4 Å². The average Bonchev–Trinajstić information content (AvgIpc) is 1.29. The van der Waals surface area contributed by atoms with Crippen LogP contribution in [-0.2, 0) is 38.0 Å². The van der Waals surface area contributed by atoms with Crippen molar-refractivity contribution in [2.75, 3.05) is 13.7 Å². The second-order valence-electron chi connectivity index (χ2n) is 20.4. The van der Waals surface area contributed by atoms with E-state index in [4.69, 9.17) is 14.9 Å². The average molecular weight is 1280 g/mol. The number of benzene rings is 4. The Bertz CT molecular complexity index is 3320. The molecule has 6 rings (SSSR count). The number of aliphatic carboxylic acids is 1. The molecule has 2 heterocycles. The number of ether oxygens (including phenoxy) is 1. The van der Waals surface area contributed by atoms with Crippen LogP contribution in [0.1, 0.15) is 127 Å². The van der Waals surface area contributed by atoms with Crippen LogP contribution in [0, 0.1) is 27.7 Å². The number of aromatic nitrogens is 4. The molecule has 4 aromatic carbocycles. The van der Waals surface area contributed by atoms with Gasteiger partial charge in [-0.1, -0.05) is 113 Å². The Morgan fingerprint density at radius 1 is 0.483 bits per heavy atom. The van der Waals surface area contributed by atoms with Crippen molar-refractivity contribution >= 4 is 24.1 Å². The third-order valence-corrected chi connectivity index (χ3v) is 15.3. The number of alkyl halides is 12. The molecule has 0 unspecified atom stereocenters. The van der Waals surface area contributed by atoms with Gasteiger partial charge in [-0.3, -0.25) is 9.59 Å². The normalized spacial score (nSPS) is 12.4. The van der Waals surface area contributed by atoms with Crippen LogP contribution in [-0.4, -0.2) is 113 Å². The topological polar surface area (TPSA) is 237 Å². The minimum absolute atomic E-state index is 0. The van der Waals surface area contributed by atoms with Crippen LogP contribution in [0.25, 0.3) is 34.9 Å². The number of carbonyl (C=O) groups excluding carboxylic acids is 1. The van der Waals surface area contributed by atoms with Crippen LogP contribution in [0.2, 0.25) is 0 Å². The van der Waals surface area contributed by atoms with E-state index < -0.39 is 52.7 Å². The summed E-state index contributed by atoms with van der Waals surface area (Å²) >= 11 is 0. The zero-order valence-electron chi connectivity index (χ0n) is 50.8. The third-order valence-electron chi connectivity index (χ3n) is 15.3. The fourth-order valence-corrected chi connectivity index (χ4v) is 10.1. The van der Waals surface area contributed by atoms with Gasteiger partial charge in [0.15, 0.2) is 11.6 Å². The van der Waals surface area contributed by atoms with Crippen LogP contribution in [0.4, 0.5) is 52.7 Å². The number of carboxylic acid groups (broad SMARTS) is 1. The number of hydrogen-bond acceptors (Lipinski definition) is 11. The van der Waals surface area contributed by atoms with Crippen LogP contribution >= 0.6 is 0 Å². The predicted octanol–water partition coefficient (Wildman–Crippen LogP) is 10.8. The van der Waals surface area contributed by atoms with Crippen molar-refractivity contribution in [3.8, 4) is 22.8 Å². The monoisotopic (exact) mass is 1280 g/mol. The van der Waals surface area contributed by atoms with Crippen molar-refractivity contribution < 1.29 is 128 Å². The summed E-state index contributed by atoms with van der Waals surface area (Å²) in [6.07, 6.45) is -14.4. The summed E-state index contributed by atoms with van der Waals surface area (Å²) in [5.74, 6) is -0.426. The minimum atomic E-state index is -5.94. The molecule has 0 spiro atoms. The van der Waals surface area contributed by atoms with E-state index in [1.165, 1.54) is 24.5 Å². The number of aryl methyl sites for hydroxylation is 4. The molecule has 0 aliphatic heterocycles. The Morgan fingerprint density at radius 3 is 1.01 bits per heavy atom. The van der Waals surface area contributed by atoms with Gasteiger partial charge in [-0.15, -0.1) is 0 Å². The summed E-state index contributed by atoms with van der Waals surface area (Å²) < 4.78 is 162. The summed E-state index contributed by atoms with van der Waals surface area (Å²) in [7, 11) is 1.00. The second kappa shape index (κ2) is 32.4. The SMILES string of the molecule is CCC(CC)(c1ccc(/C=C/C(O)(C(F)(F)F)C(F)(F)F)c(C)c1)c1ccc(-c2ncc(CC(=O)O)cn2)c(C)c1.CCOC(=O)Cc1cnc(-c2ccc(C(CC)(CC)c3ccc(/C=C/C(O)(C(F)(F)F)C(F)(F)F)c(C)c3)cc2C)nc1.CO.O.[Na+].[OH-]. The number of rotatable bonds is 19.